The van der Waals surface area contributed by atoms with Gasteiger partial charge in [-0.15, -0.1) is 0 Å². The first kappa shape index (κ1) is 13.8. The van der Waals surface area contributed by atoms with E-state index in [2.05, 4.69) is 51.8 Å². The molecule has 1 atom stereocenters. The molecule has 1 aliphatic rings. The summed E-state index contributed by atoms with van der Waals surface area (Å²) < 4.78 is 1.07. The maximum Gasteiger partial charge on any atom is 0.0328 e. The number of nitrogens with zero attached hydrogens (tertiary/aromatic N) is 2. The highest BCUT2D eigenvalue weighted by atomic mass is 79.9. The second-order valence-electron chi connectivity index (χ2n) is 5.17. The molecule has 3 nitrogen and oxygen atoms in total. The summed E-state index contributed by atoms with van der Waals surface area (Å²) in [5.41, 5.74) is 8.01. The molecule has 1 unspecified atom stereocenters. The lowest BCUT2D eigenvalue weighted by Crippen LogP contribution is -2.50. The Bertz CT molecular complexity index is 388. The van der Waals surface area contributed by atoms with Crippen LogP contribution in [0, 0.1) is 0 Å². The maximum absolute atomic E-state index is 5.88. The van der Waals surface area contributed by atoms with Gasteiger partial charge in [0.1, 0.15) is 0 Å². The van der Waals surface area contributed by atoms with E-state index in [0.29, 0.717) is 6.04 Å². The van der Waals surface area contributed by atoms with Crippen LogP contribution in [-0.2, 0) is 6.54 Å². The van der Waals surface area contributed by atoms with Crippen LogP contribution in [-0.4, -0.2) is 42.5 Å². The topological polar surface area (TPSA) is 32.5 Å². The van der Waals surface area contributed by atoms with Crippen molar-refractivity contribution in [3.63, 3.8) is 0 Å². The van der Waals surface area contributed by atoms with Gasteiger partial charge in [-0.2, -0.15) is 0 Å². The van der Waals surface area contributed by atoms with Gasteiger partial charge >= 0.3 is 0 Å². The molecule has 1 heterocycles. The van der Waals surface area contributed by atoms with E-state index < -0.39 is 0 Å². The van der Waals surface area contributed by atoms with Crippen molar-refractivity contribution in [3.05, 3.63) is 28.2 Å². The molecule has 0 radical (unpaired) electrons. The largest absolute Gasteiger partial charge is 0.399 e. The Morgan fingerprint density at radius 3 is 2.78 bits per heavy atom. The molecule has 100 valence electrons. The van der Waals surface area contributed by atoms with Crippen LogP contribution in [0.5, 0.6) is 0 Å². The minimum atomic E-state index is 0.684. The Balaban J connectivity index is 2.01. The quantitative estimate of drug-likeness (QED) is 0.871. The first-order chi connectivity index (χ1) is 8.58. The van der Waals surface area contributed by atoms with Gasteiger partial charge in [-0.1, -0.05) is 22.9 Å². The predicted octanol–water partition coefficient (Wildman–Crippen LogP) is 2.56. The number of anilines is 1. The number of benzene rings is 1. The number of piperazine rings is 1. The van der Waals surface area contributed by atoms with E-state index in [1.54, 1.807) is 0 Å². The number of halogens is 1. The average molecular weight is 312 g/mol. The molecule has 0 spiro atoms. The fourth-order valence-corrected chi connectivity index (χ4v) is 3.18. The van der Waals surface area contributed by atoms with Crippen molar-refractivity contribution in [2.75, 3.05) is 32.4 Å². The molecule has 0 aromatic heterocycles. The zero-order valence-electron chi connectivity index (χ0n) is 11.2. The number of nitrogen functional groups attached to an aromatic ring is 1. The second kappa shape index (κ2) is 6.04. The third-order valence-electron chi connectivity index (χ3n) is 3.72. The van der Waals surface area contributed by atoms with Crippen LogP contribution in [0.2, 0.25) is 0 Å². The molecule has 1 aliphatic heterocycles. The predicted molar refractivity (Wildman–Crippen MR) is 80.5 cm³/mol. The van der Waals surface area contributed by atoms with Crippen molar-refractivity contribution >= 4 is 21.6 Å². The number of hydrogen-bond donors (Lipinski definition) is 1. The molecule has 1 aromatic rings. The van der Waals surface area contributed by atoms with Gasteiger partial charge in [0, 0.05) is 42.4 Å². The highest BCUT2D eigenvalue weighted by Crippen LogP contribution is 2.20. The van der Waals surface area contributed by atoms with E-state index in [0.717, 1.165) is 36.3 Å². The monoisotopic (exact) mass is 311 g/mol. The SMILES string of the molecule is CCC1CN(Cc2cc(N)cc(Br)c2)CCN1C. The van der Waals surface area contributed by atoms with Gasteiger partial charge in [0.25, 0.3) is 0 Å². The van der Waals surface area contributed by atoms with Crippen molar-refractivity contribution < 1.29 is 0 Å². The van der Waals surface area contributed by atoms with E-state index in [1.807, 2.05) is 6.07 Å². The van der Waals surface area contributed by atoms with E-state index >= 15 is 0 Å². The Kier molecular flexibility index (Phi) is 4.65. The van der Waals surface area contributed by atoms with Gasteiger partial charge in [-0.05, 0) is 37.2 Å². The first-order valence-electron chi connectivity index (χ1n) is 6.56. The van der Waals surface area contributed by atoms with Crippen LogP contribution in [0.1, 0.15) is 18.9 Å². The second-order valence-corrected chi connectivity index (χ2v) is 6.09. The lowest BCUT2D eigenvalue weighted by molar-refractivity contribution is 0.0884. The first-order valence-corrected chi connectivity index (χ1v) is 7.35. The van der Waals surface area contributed by atoms with E-state index in [1.165, 1.54) is 12.0 Å². The molecule has 18 heavy (non-hydrogen) atoms. The standard InChI is InChI=1S/C14H22BrN3/c1-3-14-10-18(5-4-17(14)2)9-11-6-12(15)8-13(16)7-11/h6-8,14H,3-5,9-10,16H2,1-2H3. The zero-order chi connectivity index (χ0) is 13.1. The minimum Gasteiger partial charge on any atom is -0.399 e. The summed E-state index contributed by atoms with van der Waals surface area (Å²) in [5.74, 6) is 0. The highest BCUT2D eigenvalue weighted by molar-refractivity contribution is 9.10. The summed E-state index contributed by atoms with van der Waals surface area (Å²) in [6, 6.07) is 6.87. The van der Waals surface area contributed by atoms with Crippen molar-refractivity contribution in [2.24, 2.45) is 0 Å². The molecule has 2 rings (SSSR count). The maximum atomic E-state index is 5.88. The third-order valence-corrected chi connectivity index (χ3v) is 4.18. The van der Waals surface area contributed by atoms with E-state index in [4.69, 9.17) is 5.73 Å². The molecule has 2 N–H and O–H groups in total. The molecule has 1 saturated heterocycles. The van der Waals surface area contributed by atoms with Crippen LogP contribution < -0.4 is 5.73 Å². The van der Waals surface area contributed by atoms with Gasteiger partial charge in [-0.3, -0.25) is 4.90 Å². The number of hydrogen-bond acceptors (Lipinski definition) is 3. The minimum absolute atomic E-state index is 0.684. The summed E-state index contributed by atoms with van der Waals surface area (Å²) in [6.45, 7) is 6.70. The number of nitrogens with two attached hydrogens (primary N) is 1. The molecule has 0 amide bonds. The van der Waals surface area contributed by atoms with Crippen LogP contribution in [0.15, 0.2) is 22.7 Å². The Labute approximate surface area is 118 Å². The van der Waals surface area contributed by atoms with Crippen LogP contribution >= 0.6 is 15.9 Å². The van der Waals surface area contributed by atoms with Gasteiger partial charge in [0.15, 0.2) is 0 Å². The Morgan fingerprint density at radius 2 is 2.11 bits per heavy atom. The molecular weight excluding hydrogens is 290 g/mol. The van der Waals surface area contributed by atoms with Crippen LogP contribution in [0.4, 0.5) is 5.69 Å². The molecular formula is C14H22BrN3. The molecule has 0 aliphatic carbocycles. The summed E-state index contributed by atoms with van der Waals surface area (Å²) >= 11 is 3.51. The molecule has 0 bridgehead atoms. The lowest BCUT2D eigenvalue weighted by atomic mass is 10.1. The lowest BCUT2D eigenvalue weighted by Gasteiger charge is -2.39. The highest BCUT2D eigenvalue weighted by Gasteiger charge is 2.22. The Hall–Kier alpha value is -0.580. The summed E-state index contributed by atoms with van der Waals surface area (Å²) in [5, 5.41) is 0. The van der Waals surface area contributed by atoms with Crippen molar-refractivity contribution in [1.82, 2.24) is 9.80 Å². The molecule has 4 heteroatoms. The number of rotatable bonds is 3. The van der Waals surface area contributed by atoms with Gasteiger partial charge < -0.3 is 10.6 Å². The van der Waals surface area contributed by atoms with Gasteiger partial charge in [-0.25, -0.2) is 0 Å². The fraction of sp³-hybridized carbons (Fsp3) is 0.571. The van der Waals surface area contributed by atoms with Gasteiger partial charge in [0.2, 0.25) is 0 Å². The number of likely N-dealkylation sites (N-methyl/N-ethyl adjacent to an activating group) is 1. The van der Waals surface area contributed by atoms with Crippen molar-refractivity contribution in [1.29, 1.82) is 0 Å². The summed E-state index contributed by atoms with van der Waals surface area (Å²) in [6.07, 6.45) is 1.22. The van der Waals surface area contributed by atoms with Crippen molar-refractivity contribution in [3.8, 4) is 0 Å². The Morgan fingerprint density at radius 1 is 1.33 bits per heavy atom. The summed E-state index contributed by atoms with van der Waals surface area (Å²) in [4.78, 5) is 4.99. The summed E-state index contributed by atoms with van der Waals surface area (Å²) in [7, 11) is 2.22. The zero-order valence-corrected chi connectivity index (χ0v) is 12.8. The smallest absolute Gasteiger partial charge is 0.0328 e. The third kappa shape index (κ3) is 3.46. The molecule has 1 fully saturated rings. The molecule has 1 aromatic carbocycles. The average Bonchev–Trinajstić information content (AvgIpc) is 2.30. The van der Waals surface area contributed by atoms with Crippen LogP contribution in [0.3, 0.4) is 0 Å². The van der Waals surface area contributed by atoms with Crippen LogP contribution in [0.25, 0.3) is 0 Å². The normalized spacial score (nSPS) is 22.3. The van der Waals surface area contributed by atoms with E-state index in [9.17, 15) is 0 Å². The fourth-order valence-electron chi connectivity index (χ4n) is 2.62. The molecule has 0 saturated carbocycles. The van der Waals surface area contributed by atoms with E-state index in [-0.39, 0.29) is 0 Å². The van der Waals surface area contributed by atoms with Crippen molar-refractivity contribution in [2.45, 2.75) is 25.9 Å². The van der Waals surface area contributed by atoms with Gasteiger partial charge in [0.05, 0.1) is 0 Å².